The summed E-state index contributed by atoms with van der Waals surface area (Å²) in [5.41, 5.74) is -0.0146. The summed E-state index contributed by atoms with van der Waals surface area (Å²) in [6, 6.07) is 0. The molecule has 0 amide bonds. The van der Waals surface area contributed by atoms with Gasteiger partial charge in [-0.05, 0) is 45.3 Å². The van der Waals surface area contributed by atoms with E-state index in [2.05, 4.69) is 53.3 Å². The van der Waals surface area contributed by atoms with Gasteiger partial charge in [-0.15, -0.1) is 24.0 Å². The Morgan fingerprint density at radius 2 is 2.00 bits per heavy atom. The summed E-state index contributed by atoms with van der Waals surface area (Å²) in [6.45, 7) is 10.3. The Balaban J connectivity index is 0.00000312. The van der Waals surface area contributed by atoms with E-state index in [9.17, 15) is 0 Å². The van der Waals surface area contributed by atoms with Crippen molar-refractivity contribution < 1.29 is 4.42 Å². The molecule has 0 aliphatic carbocycles. The van der Waals surface area contributed by atoms with Crippen molar-refractivity contribution in [1.29, 1.82) is 0 Å². The molecular formula is C18H34IN5O. The molecule has 0 aromatic carbocycles. The number of aliphatic imine (C=N–C) groups is 1. The van der Waals surface area contributed by atoms with E-state index in [1.807, 2.05) is 6.20 Å². The lowest BCUT2D eigenvalue weighted by Crippen LogP contribution is -2.38. The highest BCUT2D eigenvalue weighted by atomic mass is 127. The summed E-state index contributed by atoms with van der Waals surface area (Å²) in [5.74, 6) is 3.23. The Labute approximate surface area is 169 Å². The second kappa shape index (κ2) is 10.4. The minimum absolute atomic E-state index is 0. The van der Waals surface area contributed by atoms with E-state index in [0.717, 1.165) is 24.2 Å². The van der Waals surface area contributed by atoms with Gasteiger partial charge in [0.15, 0.2) is 5.96 Å². The molecule has 1 aliphatic heterocycles. The molecule has 0 bridgehead atoms. The maximum atomic E-state index is 5.79. The van der Waals surface area contributed by atoms with Crippen LogP contribution in [0, 0.1) is 5.92 Å². The number of guanidine groups is 1. The molecule has 144 valence electrons. The molecule has 2 heterocycles. The fourth-order valence-electron chi connectivity index (χ4n) is 2.86. The third-order valence-electron chi connectivity index (χ3n) is 4.61. The van der Waals surface area contributed by atoms with E-state index in [4.69, 9.17) is 4.42 Å². The molecule has 1 aliphatic rings. The summed E-state index contributed by atoms with van der Waals surface area (Å²) in [4.78, 5) is 11.0. The predicted molar refractivity (Wildman–Crippen MR) is 114 cm³/mol. The lowest BCUT2D eigenvalue weighted by molar-refractivity contribution is 0.213. The SMILES string of the molecule is CN=C(NCCC1CCN(C)CC1)NCc1ncc(C(C)(C)C)o1.I. The second-order valence-corrected chi connectivity index (χ2v) is 7.76. The van der Waals surface area contributed by atoms with Crippen LogP contribution in [0.1, 0.15) is 51.7 Å². The van der Waals surface area contributed by atoms with Crippen molar-refractivity contribution in [1.82, 2.24) is 20.5 Å². The molecule has 2 N–H and O–H groups in total. The van der Waals surface area contributed by atoms with Crippen LogP contribution in [0.4, 0.5) is 0 Å². The van der Waals surface area contributed by atoms with Crippen LogP contribution in [-0.2, 0) is 12.0 Å². The number of nitrogens with zero attached hydrogens (tertiary/aromatic N) is 3. The standard InChI is InChI=1S/C18H33N5O.HI/c1-18(2,3)15-12-21-16(24-15)13-22-17(19-4)20-9-6-14-7-10-23(5)11-8-14;/h12,14H,6-11,13H2,1-5H3,(H2,19,20,22);1H. The van der Waals surface area contributed by atoms with Gasteiger partial charge in [-0.3, -0.25) is 4.99 Å². The number of rotatable bonds is 5. The molecule has 0 spiro atoms. The molecule has 1 aromatic heterocycles. The number of nitrogens with one attached hydrogen (secondary N) is 2. The van der Waals surface area contributed by atoms with E-state index in [-0.39, 0.29) is 29.4 Å². The zero-order valence-electron chi connectivity index (χ0n) is 16.3. The monoisotopic (exact) mass is 463 g/mol. The fourth-order valence-corrected chi connectivity index (χ4v) is 2.86. The predicted octanol–water partition coefficient (Wildman–Crippen LogP) is 2.99. The maximum absolute atomic E-state index is 5.79. The molecule has 2 rings (SSSR count). The van der Waals surface area contributed by atoms with E-state index in [1.54, 1.807) is 7.05 Å². The highest BCUT2D eigenvalue weighted by molar-refractivity contribution is 14.0. The summed E-state index contributed by atoms with van der Waals surface area (Å²) in [7, 11) is 4.00. The molecule has 1 saturated heterocycles. The third kappa shape index (κ3) is 7.52. The Kier molecular flexibility index (Phi) is 9.20. The van der Waals surface area contributed by atoms with Crippen molar-refractivity contribution >= 4 is 29.9 Å². The van der Waals surface area contributed by atoms with Gasteiger partial charge in [-0.2, -0.15) is 0 Å². The van der Waals surface area contributed by atoms with Gasteiger partial charge < -0.3 is 20.0 Å². The van der Waals surface area contributed by atoms with Crippen molar-refractivity contribution in [2.45, 2.75) is 52.0 Å². The van der Waals surface area contributed by atoms with Gasteiger partial charge in [0.2, 0.25) is 5.89 Å². The van der Waals surface area contributed by atoms with Crippen LogP contribution in [0.3, 0.4) is 0 Å². The number of hydrogen-bond acceptors (Lipinski definition) is 4. The topological polar surface area (TPSA) is 65.7 Å². The van der Waals surface area contributed by atoms with Crippen LogP contribution < -0.4 is 10.6 Å². The Morgan fingerprint density at radius 1 is 1.32 bits per heavy atom. The largest absolute Gasteiger partial charge is 0.443 e. The van der Waals surface area contributed by atoms with Gasteiger partial charge in [-0.25, -0.2) is 4.98 Å². The van der Waals surface area contributed by atoms with E-state index < -0.39 is 0 Å². The van der Waals surface area contributed by atoms with E-state index >= 15 is 0 Å². The smallest absolute Gasteiger partial charge is 0.213 e. The number of piperidine rings is 1. The summed E-state index contributed by atoms with van der Waals surface area (Å²) in [5, 5.41) is 6.66. The quantitative estimate of drug-likeness (QED) is 0.400. The molecular weight excluding hydrogens is 429 g/mol. The number of likely N-dealkylation sites (tertiary alicyclic amines) is 1. The van der Waals surface area contributed by atoms with Gasteiger partial charge in [0.05, 0.1) is 12.7 Å². The molecule has 1 aromatic rings. The lowest BCUT2D eigenvalue weighted by atomic mass is 9.94. The van der Waals surface area contributed by atoms with Crippen molar-refractivity contribution in [2.75, 3.05) is 33.7 Å². The second-order valence-electron chi connectivity index (χ2n) is 7.76. The molecule has 1 fully saturated rings. The summed E-state index contributed by atoms with van der Waals surface area (Å²) in [6.07, 6.45) is 5.61. The highest BCUT2D eigenvalue weighted by Gasteiger charge is 2.19. The lowest BCUT2D eigenvalue weighted by Gasteiger charge is -2.29. The minimum atomic E-state index is -0.0146. The first kappa shape index (κ1) is 22.2. The number of halogens is 1. The fraction of sp³-hybridized carbons (Fsp3) is 0.778. The van der Waals surface area contributed by atoms with E-state index in [0.29, 0.717) is 12.4 Å². The van der Waals surface area contributed by atoms with Crippen LogP contribution in [0.25, 0.3) is 0 Å². The zero-order chi connectivity index (χ0) is 17.6. The van der Waals surface area contributed by atoms with Crippen molar-refractivity contribution in [3.63, 3.8) is 0 Å². The van der Waals surface area contributed by atoms with Gasteiger partial charge in [0, 0.05) is 19.0 Å². The summed E-state index contributed by atoms with van der Waals surface area (Å²) < 4.78 is 5.79. The number of hydrogen-bond donors (Lipinski definition) is 2. The molecule has 6 nitrogen and oxygen atoms in total. The first-order valence-corrected chi connectivity index (χ1v) is 8.96. The number of aromatic nitrogens is 1. The Morgan fingerprint density at radius 3 is 2.56 bits per heavy atom. The average Bonchev–Trinajstić information content (AvgIpc) is 3.01. The van der Waals surface area contributed by atoms with Crippen LogP contribution in [0.15, 0.2) is 15.6 Å². The van der Waals surface area contributed by atoms with Crippen molar-refractivity contribution in [3.8, 4) is 0 Å². The molecule has 0 saturated carbocycles. The highest BCUT2D eigenvalue weighted by Crippen LogP contribution is 2.22. The molecule has 7 heteroatoms. The normalized spacial score (nSPS) is 17.2. The van der Waals surface area contributed by atoms with Crippen LogP contribution >= 0.6 is 24.0 Å². The Bertz CT molecular complexity index is 530. The number of oxazole rings is 1. The summed E-state index contributed by atoms with van der Waals surface area (Å²) >= 11 is 0. The molecule has 0 radical (unpaired) electrons. The zero-order valence-corrected chi connectivity index (χ0v) is 18.6. The molecule has 0 atom stereocenters. The first-order valence-electron chi connectivity index (χ1n) is 8.96. The van der Waals surface area contributed by atoms with Gasteiger partial charge >= 0.3 is 0 Å². The van der Waals surface area contributed by atoms with Crippen molar-refractivity contribution in [2.24, 2.45) is 10.9 Å². The van der Waals surface area contributed by atoms with Gasteiger partial charge in [0.1, 0.15) is 5.76 Å². The van der Waals surface area contributed by atoms with Crippen LogP contribution in [0.2, 0.25) is 0 Å². The van der Waals surface area contributed by atoms with E-state index in [1.165, 1.54) is 32.4 Å². The molecule has 0 unspecified atom stereocenters. The van der Waals surface area contributed by atoms with Crippen LogP contribution in [0.5, 0.6) is 0 Å². The van der Waals surface area contributed by atoms with Gasteiger partial charge in [-0.1, -0.05) is 20.8 Å². The minimum Gasteiger partial charge on any atom is -0.443 e. The molecule has 25 heavy (non-hydrogen) atoms. The average molecular weight is 463 g/mol. The van der Waals surface area contributed by atoms with Crippen molar-refractivity contribution in [3.05, 3.63) is 17.8 Å². The van der Waals surface area contributed by atoms with Gasteiger partial charge in [0.25, 0.3) is 0 Å². The Hall–Kier alpha value is -0.830. The first-order chi connectivity index (χ1) is 11.4. The maximum Gasteiger partial charge on any atom is 0.213 e. The third-order valence-corrected chi connectivity index (χ3v) is 4.61. The van der Waals surface area contributed by atoms with Crippen LogP contribution in [-0.4, -0.2) is 49.6 Å².